The van der Waals surface area contributed by atoms with Crippen molar-refractivity contribution in [3.05, 3.63) is 28.8 Å². The number of hydrogen-bond donors (Lipinski definition) is 1. The highest BCUT2D eigenvalue weighted by molar-refractivity contribution is 7.87. The maximum absolute atomic E-state index is 13.4. The first-order valence-electron chi connectivity index (χ1n) is 5.79. The Bertz CT molecular complexity index is 734. The maximum atomic E-state index is 13.4. The van der Waals surface area contributed by atoms with Crippen LogP contribution in [0, 0.1) is 30.2 Å². The zero-order valence-electron chi connectivity index (χ0n) is 11.6. The van der Waals surface area contributed by atoms with Crippen LogP contribution in [0.5, 0.6) is 5.75 Å². The van der Waals surface area contributed by atoms with Gasteiger partial charge in [-0.05, 0) is 6.92 Å². The number of carbonyl (C=O) groups is 1. The van der Waals surface area contributed by atoms with Crippen molar-refractivity contribution in [1.82, 2.24) is 0 Å². The Morgan fingerprint density at radius 3 is 1.92 bits per heavy atom. The molecule has 0 fully saturated rings. The second-order valence-electron chi connectivity index (χ2n) is 4.19. The Kier molecular flexibility index (Phi) is 5.71. The summed E-state index contributed by atoms with van der Waals surface area (Å²) in [7, 11) is -6.09. The van der Waals surface area contributed by atoms with E-state index in [1.807, 2.05) is 0 Å². The van der Waals surface area contributed by atoms with E-state index in [0.717, 1.165) is 6.92 Å². The Labute approximate surface area is 130 Å². The zero-order chi connectivity index (χ0) is 18.9. The lowest BCUT2D eigenvalue weighted by molar-refractivity contribution is -0.162. The third-order valence-electron chi connectivity index (χ3n) is 2.57. The Balaban J connectivity index is 2.76. The number of halogens is 6. The number of carbonyl (C=O) groups excluding carboxylic acids is 1. The molecule has 1 aromatic rings. The highest BCUT2D eigenvalue weighted by atomic mass is 32.2. The molecule has 136 valence electrons. The van der Waals surface area contributed by atoms with E-state index in [2.05, 4.69) is 9.47 Å². The molecule has 0 radical (unpaired) electrons. The standard InChI is InChI=1S/C11H8F6O6S/c1-4-5(12)7(14)9(8(15)6(4)13)22-2-3-23-10(18)11(16,17)24(19,20)21/h2-3H2,1H3,(H,19,20,21). The van der Waals surface area contributed by atoms with Gasteiger partial charge in [0, 0.05) is 5.56 Å². The fourth-order valence-corrected chi connectivity index (χ4v) is 1.58. The first-order chi connectivity index (χ1) is 10.8. The van der Waals surface area contributed by atoms with Crippen molar-refractivity contribution in [2.24, 2.45) is 0 Å². The van der Waals surface area contributed by atoms with Gasteiger partial charge >= 0.3 is 21.3 Å². The zero-order valence-corrected chi connectivity index (χ0v) is 12.4. The number of hydrogen-bond acceptors (Lipinski definition) is 5. The molecule has 0 unspecified atom stereocenters. The van der Waals surface area contributed by atoms with Crippen molar-refractivity contribution in [3.8, 4) is 5.75 Å². The molecule has 0 saturated heterocycles. The third-order valence-corrected chi connectivity index (χ3v) is 3.38. The molecule has 13 heteroatoms. The lowest BCUT2D eigenvalue weighted by Gasteiger charge is -2.13. The number of alkyl halides is 2. The fourth-order valence-electron chi connectivity index (χ4n) is 1.32. The molecule has 0 aliphatic rings. The molecule has 0 aliphatic heterocycles. The molecule has 0 amide bonds. The summed E-state index contributed by atoms with van der Waals surface area (Å²) < 4.78 is 115. The van der Waals surface area contributed by atoms with Gasteiger partial charge in [-0.15, -0.1) is 0 Å². The number of rotatable bonds is 6. The average Bonchev–Trinajstić information content (AvgIpc) is 2.48. The molecule has 0 bridgehead atoms. The number of ether oxygens (including phenoxy) is 2. The Morgan fingerprint density at radius 2 is 1.50 bits per heavy atom. The van der Waals surface area contributed by atoms with Gasteiger partial charge in [0.05, 0.1) is 0 Å². The topological polar surface area (TPSA) is 89.9 Å². The van der Waals surface area contributed by atoms with E-state index >= 15 is 0 Å². The summed E-state index contributed by atoms with van der Waals surface area (Å²) in [6.45, 7) is -1.47. The van der Waals surface area contributed by atoms with Crippen LogP contribution in [-0.2, 0) is 19.6 Å². The van der Waals surface area contributed by atoms with Crippen LogP contribution < -0.4 is 4.74 Å². The molecule has 0 aliphatic carbocycles. The van der Waals surface area contributed by atoms with Crippen LogP contribution in [0.2, 0.25) is 0 Å². The van der Waals surface area contributed by atoms with Crippen molar-refractivity contribution in [3.63, 3.8) is 0 Å². The average molecular weight is 382 g/mol. The van der Waals surface area contributed by atoms with Crippen LogP contribution in [0.15, 0.2) is 0 Å². The first-order valence-corrected chi connectivity index (χ1v) is 7.23. The molecule has 0 heterocycles. The van der Waals surface area contributed by atoms with Gasteiger partial charge < -0.3 is 9.47 Å². The van der Waals surface area contributed by atoms with E-state index in [9.17, 15) is 39.6 Å². The van der Waals surface area contributed by atoms with Crippen molar-refractivity contribution in [2.45, 2.75) is 12.2 Å². The van der Waals surface area contributed by atoms with E-state index in [0.29, 0.717) is 0 Å². The SMILES string of the molecule is Cc1c(F)c(F)c(OCCOC(=O)C(F)(F)S(=O)(=O)O)c(F)c1F. The molecule has 0 spiro atoms. The predicted octanol–water partition coefficient (Wildman–Crippen LogP) is 1.95. The normalized spacial score (nSPS) is 12.2. The van der Waals surface area contributed by atoms with Crippen molar-refractivity contribution >= 4 is 16.1 Å². The molecular formula is C11H8F6O6S. The van der Waals surface area contributed by atoms with Gasteiger partial charge in [0.1, 0.15) is 13.2 Å². The smallest absolute Gasteiger partial charge is 0.465 e. The largest absolute Gasteiger partial charge is 0.484 e. The second kappa shape index (κ2) is 6.84. The minimum Gasteiger partial charge on any atom is -0.484 e. The van der Waals surface area contributed by atoms with Gasteiger partial charge in [-0.3, -0.25) is 4.55 Å². The second-order valence-corrected chi connectivity index (χ2v) is 5.65. The van der Waals surface area contributed by atoms with E-state index < -0.39 is 69.1 Å². The molecule has 1 N–H and O–H groups in total. The molecule has 0 aromatic heterocycles. The molecule has 1 aromatic carbocycles. The summed E-state index contributed by atoms with van der Waals surface area (Å²) in [6, 6.07) is 0. The number of esters is 1. The van der Waals surface area contributed by atoms with Gasteiger partial charge in [0.25, 0.3) is 0 Å². The van der Waals surface area contributed by atoms with Crippen molar-refractivity contribution < 1.29 is 53.6 Å². The van der Waals surface area contributed by atoms with Gasteiger partial charge in [0.2, 0.25) is 11.6 Å². The lowest BCUT2D eigenvalue weighted by atomic mass is 10.2. The maximum Gasteiger partial charge on any atom is 0.465 e. The lowest BCUT2D eigenvalue weighted by Crippen LogP contribution is -2.39. The minimum absolute atomic E-state index is 0.750. The minimum atomic E-state index is -6.09. The van der Waals surface area contributed by atoms with Crippen LogP contribution in [0.3, 0.4) is 0 Å². The molecule has 6 nitrogen and oxygen atoms in total. The van der Waals surface area contributed by atoms with Crippen LogP contribution >= 0.6 is 0 Å². The summed E-state index contributed by atoms with van der Waals surface area (Å²) in [4.78, 5) is 10.8. The summed E-state index contributed by atoms with van der Waals surface area (Å²) in [5, 5.41) is -5.27. The van der Waals surface area contributed by atoms with Crippen LogP contribution in [-0.4, -0.2) is 37.4 Å². The van der Waals surface area contributed by atoms with Crippen LogP contribution in [0.25, 0.3) is 0 Å². The highest BCUT2D eigenvalue weighted by Gasteiger charge is 2.54. The van der Waals surface area contributed by atoms with E-state index in [1.165, 1.54) is 0 Å². The van der Waals surface area contributed by atoms with Gasteiger partial charge in [-0.25, -0.2) is 13.6 Å². The third kappa shape index (κ3) is 3.72. The van der Waals surface area contributed by atoms with Crippen molar-refractivity contribution in [2.75, 3.05) is 13.2 Å². The Hall–Kier alpha value is -2.02. The highest BCUT2D eigenvalue weighted by Crippen LogP contribution is 2.29. The molecule has 24 heavy (non-hydrogen) atoms. The van der Waals surface area contributed by atoms with Crippen LogP contribution in [0.4, 0.5) is 26.3 Å². The fraction of sp³-hybridized carbons (Fsp3) is 0.364. The molecule has 1 rings (SSSR count). The van der Waals surface area contributed by atoms with E-state index in [4.69, 9.17) is 4.55 Å². The summed E-state index contributed by atoms with van der Waals surface area (Å²) in [5.41, 5.74) is -0.962. The van der Waals surface area contributed by atoms with Gasteiger partial charge in [-0.1, -0.05) is 0 Å². The summed E-state index contributed by atoms with van der Waals surface area (Å²) >= 11 is 0. The van der Waals surface area contributed by atoms with E-state index in [-0.39, 0.29) is 0 Å². The number of benzene rings is 1. The monoisotopic (exact) mass is 382 g/mol. The summed E-state index contributed by atoms with van der Waals surface area (Å²) in [6.07, 6.45) is 0. The molecule has 0 saturated carbocycles. The van der Waals surface area contributed by atoms with Crippen molar-refractivity contribution in [1.29, 1.82) is 0 Å². The van der Waals surface area contributed by atoms with Gasteiger partial charge in [-0.2, -0.15) is 26.0 Å². The quantitative estimate of drug-likeness (QED) is 0.266. The summed E-state index contributed by atoms with van der Waals surface area (Å²) in [5.74, 6) is -11.5. The predicted molar refractivity (Wildman–Crippen MR) is 64.0 cm³/mol. The Morgan fingerprint density at radius 1 is 1.04 bits per heavy atom. The van der Waals surface area contributed by atoms with Gasteiger partial charge in [0.15, 0.2) is 17.4 Å². The van der Waals surface area contributed by atoms with Crippen LogP contribution in [0.1, 0.15) is 5.56 Å². The first kappa shape index (κ1) is 20.0. The molecule has 0 atom stereocenters. The molecular weight excluding hydrogens is 374 g/mol. The van der Waals surface area contributed by atoms with E-state index in [1.54, 1.807) is 0 Å².